The third-order valence-electron chi connectivity index (χ3n) is 3.66. The maximum Gasteiger partial charge on any atom is 0.269 e. The largest absolute Gasteiger partial charge is 0.307 e. The lowest BCUT2D eigenvalue weighted by molar-refractivity contribution is -0.384. The van der Waals surface area contributed by atoms with E-state index in [0.717, 1.165) is 0 Å². The molecule has 2 aromatic carbocycles. The Morgan fingerprint density at radius 2 is 1.96 bits per heavy atom. The van der Waals surface area contributed by atoms with Gasteiger partial charge in [0.15, 0.2) is 0 Å². The minimum atomic E-state index is -0.488. The zero-order valence-corrected chi connectivity index (χ0v) is 14.3. The SMILES string of the molecule is Cc1cc(NC(=O)/C=C/c2cccc(F)c2)n(-c2ccc([N+](=O)[O-])cc2)n1. The first kappa shape index (κ1) is 18.0. The number of carbonyl (C=O) groups excluding carboxylic acids is 1. The lowest BCUT2D eigenvalue weighted by Gasteiger charge is -2.07. The van der Waals surface area contributed by atoms with Gasteiger partial charge in [-0.2, -0.15) is 5.10 Å². The second kappa shape index (κ2) is 7.61. The van der Waals surface area contributed by atoms with Crippen molar-refractivity contribution in [2.24, 2.45) is 0 Å². The number of anilines is 1. The van der Waals surface area contributed by atoms with Gasteiger partial charge < -0.3 is 5.32 Å². The lowest BCUT2D eigenvalue weighted by atomic mass is 10.2. The minimum absolute atomic E-state index is 0.0359. The van der Waals surface area contributed by atoms with Crippen molar-refractivity contribution in [1.29, 1.82) is 0 Å². The highest BCUT2D eigenvalue weighted by Gasteiger charge is 2.11. The topological polar surface area (TPSA) is 90.1 Å². The molecular weight excluding hydrogens is 351 g/mol. The van der Waals surface area contributed by atoms with E-state index < -0.39 is 10.8 Å². The molecule has 1 heterocycles. The third-order valence-corrected chi connectivity index (χ3v) is 3.66. The number of amides is 1. The normalized spacial score (nSPS) is 10.9. The van der Waals surface area contributed by atoms with Crippen molar-refractivity contribution >= 4 is 23.5 Å². The standard InChI is InChI=1S/C19H15FN4O3/c1-13-11-18(21-19(25)10-5-14-3-2-4-15(20)12-14)23(22-13)16-6-8-17(9-7-16)24(26)27/h2-12H,1H3,(H,21,25)/b10-5+. The van der Waals surface area contributed by atoms with Crippen LogP contribution >= 0.6 is 0 Å². The van der Waals surface area contributed by atoms with Crippen LogP contribution in [0.1, 0.15) is 11.3 Å². The van der Waals surface area contributed by atoms with Crippen molar-refractivity contribution in [3.63, 3.8) is 0 Å². The molecule has 3 aromatic rings. The Morgan fingerprint density at radius 3 is 2.63 bits per heavy atom. The van der Waals surface area contributed by atoms with Crippen molar-refractivity contribution in [2.45, 2.75) is 6.92 Å². The van der Waals surface area contributed by atoms with Gasteiger partial charge in [-0.05, 0) is 42.8 Å². The first-order valence-electron chi connectivity index (χ1n) is 7.98. The van der Waals surface area contributed by atoms with Crippen LogP contribution in [-0.2, 0) is 4.79 Å². The Balaban J connectivity index is 1.79. The molecule has 1 amide bonds. The van der Waals surface area contributed by atoms with Crippen LogP contribution in [-0.4, -0.2) is 20.6 Å². The third kappa shape index (κ3) is 4.43. The summed E-state index contributed by atoms with van der Waals surface area (Å²) in [5.41, 5.74) is 1.76. The second-order valence-electron chi connectivity index (χ2n) is 5.73. The molecule has 1 N–H and O–H groups in total. The monoisotopic (exact) mass is 366 g/mol. The molecule has 0 fully saturated rings. The molecule has 0 atom stereocenters. The molecule has 0 saturated carbocycles. The fourth-order valence-electron chi connectivity index (χ4n) is 2.45. The fourth-order valence-corrected chi connectivity index (χ4v) is 2.45. The number of benzene rings is 2. The predicted molar refractivity (Wildman–Crippen MR) is 99.0 cm³/mol. The van der Waals surface area contributed by atoms with Crippen LogP contribution in [0, 0.1) is 22.9 Å². The van der Waals surface area contributed by atoms with E-state index in [4.69, 9.17) is 0 Å². The highest BCUT2D eigenvalue weighted by molar-refractivity contribution is 6.01. The van der Waals surface area contributed by atoms with Gasteiger partial charge in [-0.1, -0.05) is 12.1 Å². The number of nitrogens with one attached hydrogen (secondary N) is 1. The molecule has 0 aliphatic carbocycles. The number of nitrogens with zero attached hydrogens (tertiary/aromatic N) is 3. The summed E-state index contributed by atoms with van der Waals surface area (Å²) in [6.45, 7) is 1.76. The van der Waals surface area contributed by atoms with Crippen LogP contribution in [0.15, 0.2) is 60.7 Å². The summed E-state index contributed by atoms with van der Waals surface area (Å²) in [5, 5.41) is 17.8. The number of non-ortho nitro benzene ring substituents is 1. The van der Waals surface area contributed by atoms with Gasteiger partial charge in [-0.3, -0.25) is 14.9 Å². The van der Waals surface area contributed by atoms with Gasteiger partial charge in [0.05, 0.1) is 16.3 Å². The molecule has 0 saturated heterocycles. The molecule has 3 rings (SSSR count). The molecule has 0 spiro atoms. The summed E-state index contributed by atoms with van der Waals surface area (Å²) in [5.74, 6) is -0.387. The first-order valence-corrected chi connectivity index (χ1v) is 7.98. The highest BCUT2D eigenvalue weighted by Crippen LogP contribution is 2.20. The molecule has 0 aliphatic rings. The molecule has 27 heavy (non-hydrogen) atoms. The summed E-state index contributed by atoms with van der Waals surface area (Å²) >= 11 is 0. The van der Waals surface area contributed by atoms with Crippen molar-refractivity contribution in [3.8, 4) is 5.69 Å². The molecule has 0 unspecified atom stereocenters. The summed E-state index contributed by atoms with van der Waals surface area (Å²) in [6, 6.07) is 13.4. The Morgan fingerprint density at radius 1 is 1.22 bits per heavy atom. The van der Waals surface area contributed by atoms with E-state index in [0.29, 0.717) is 22.8 Å². The summed E-state index contributed by atoms with van der Waals surface area (Å²) in [6.07, 6.45) is 2.79. The molecular formula is C19H15FN4O3. The Bertz CT molecular complexity index is 1030. The average molecular weight is 366 g/mol. The molecule has 0 aliphatic heterocycles. The first-order chi connectivity index (χ1) is 12.9. The second-order valence-corrected chi connectivity index (χ2v) is 5.73. The van der Waals surface area contributed by atoms with Gasteiger partial charge >= 0.3 is 0 Å². The molecule has 136 valence electrons. The maximum absolute atomic E-state index is 13.2. The minimum Gasteiger partial charge on any atom is -0.307 e. The quantitative estimate of drug-likeness (QED) is 0.421. The van der Waals surface area contributed by atoms with E-state index in [1.54, 1.807) is 37.3 Å². The zero-order chi connectivity index (χ0) is 19.4. The number of hydrogen-bond donors (Lipinski definition) is 1. The van der Waals surface area contributed by atoms with Gasteiger partial charge in [0.2, 0.25) is 5.91 Å². The fraction of sp³-hybridized carbons (Fsp3) is 0.0526. The Kier molecular flexibility index (Phi) is 5.07. The summed E-state index contributed by atoms with van der Waals surface area (Å²) in [4.78, 5) is 22.5. The van der Waals surface area contributed by atoms with Crippen LogP contribution in [0.2, 0.25) is 0 Å². The number of nitro benzene ring substituents is 1. The summed E-state index contributed by atoms with van der Waals surface area (Å²) < 4.78 is 14.7. The van der Waals surface area contributed by atoms with E-state index in [2.05, 4.69) is 10.4 Å². The van der Waals surface area contributed by atoms with E-state index >= 15 is 0 Å². The van der Waals surface area contributed by atoms with Gasteiger partial charge in [-0.15, -0.1) is 0 Å². The predicted octanol–water partition coefficient (Wildman–Crippen LogP) is 3.88. The Labute approximate surface area is 153 Å². The number of aromatic nitrogens is 2. The smallest absolute Gasteiger partial charge is 0.269 e. The number of hydrogen-bond acceptors (Lipinski definition) is 4. The molecule has 0 bridgehead atoms. The molecule has 7 nitrogen and oxygen atoms in total. The van der Waals surface area contributed by atoms with Crippen LogP contribution in [0.5, 0.6) is 0 Å². The van der Waals surface area contributed by atoms with E-state index in [1.165, 1.54) is 41.1 Å². The average Bonchev–Trinajstić information content (AvgIpc) is 3.00. The number of rotatable bonds is 5. The summed E-state index contributed by atoms with van der Waals surface area (Å²) in [7, 11) is 0. The molecule has 8 heteroatoms. The van der Waals surface area contributed by atoms with Gasteiger partial charge in [0.1, 0.15) is 11.6 Å². The van der Waals surface area contributed by atoms with Crippen LogP contribution < -0.4 is 5.32 Å². The number of halogens is 1. The van der Waals surface area contributed by atoms with Crippen molar-refractivity contribution < 1.29 is 14.1 Å². The van der Waals surface area contributed by atoms with Gasteiger partial charge in [0.25, 0.3) is 5.69 Å². The number of nitro groups is 1. The maximum atomic E-state index is 13.2. The van der Waals surface area contributed by atoms with Crippen LogP contribution in [0.4, 0.5) is 15.9 Å². The molecule has 1 aromatic heterocycles. The molecule has 0 radical (unpaired) electrons. The highest BCUT2D eigenvalue weighted by atomic mass is 19.1. The number of carbonyl (C=O) groups is 1. The van der Waals surface area contributed by atoms with Crippen molar-refractivity contribution in [1.82, 2.24) is 9.78 Å². The zero-order valence-electron chi connectivity index (χ0n) is 14.3. The van der Waals surface area contributed by atoms with Crippen LogP contribution in [0.3, 0.4) is 0 Å². The number of aryl methyl sites for hydroxylation is 1. The van der Waals surface area contributed by atoms with E-state index in [9.17, 15) is 19.3 Å². The van der Waals surface area contributed by atoms with Crippen molar-refractivity contribution in [3.05, 3.63) is 87.9 Å². The van der Waals surface area contributed by atoms with Gasteiger partial charge in [-0.25, -0.2) is 9.07 Å². The van der Waals surface area contributed by atoms with Crippen LogP contribution in [0.25, 0.3) is 11.8 Å². The Hall–Kier alpha value is -3.81. The van der Waals surface area contributed by atoms with E-state index in [-0.39, 0.29) is 11.5 Å². The van der Waals surface area contributed by atoms with E-state index in [1.807, 2.05) is 0 Å². The van der Waals surface area contributed by atoms with Crippen molar-refractivity contribution in [2.75, 3.05) is 5.32 Å². The lowest BCUT2D eigenvalue weighted by Crippen LogP contribution is -2.12. The van der Waals surface area contributed by atoms with Gasteiger partial charge in [0, 0.05) is 24.3 Å².